The Hall–Kier alpha value is -3.28. The molecule has 2 atom stereocenters. The number of anilines is 1. The summed E-state index contributed by atoms with van der Waals surface area (Å²) in [6.07, 6.45) is 4.87. The molecule has 11 heteroatoms. The van der Waals surface area contributed by atoms with Crippen molar-refractivity contribution in [1.82, 2.24) is 24.3 Å². The van der Waals surface area contributed by atoms with Gasteiger partial charge in [0.2, 0.25) is 5.91 Å². The summed E-state index contributed by atoms with van der Waals surface area (Å²) < 4.78 is 1.45. The lowest BCUT2D eigenvalue weighted by molar-refractivity contribution is -0.137. The monoisotopic (exact) mass is 524 g/mol. The number of rotatable bonds is 7. The minimum atomic E-state index is -0.946. The Morgan fingerprint density at radius 2 is 1.74 bits per heavy atom. The number of aromatic nitrogens is 2. The largest absolute Gasteiger partial charge is 0.354 e. The first-order chi connectivity index (χ1) is 18.0. The molecule has 0 spiro atoms. The lowest BCUT2D eigenvalue weighted by Crippen LogP contribution is -2.58. The first kappa shape index (κ1) is 27.7. The number of nitrogens with one attached hydrogen (secondary N) is 1. The van der Waals surface area contributed by atoms with E-state index in [-0.39, 0.29) is 17.8 Å². The van der Waals surface area contributed by atoms with Gasteiger partial charge < -0.3 is 21.3 Å². The first-order valence-corrected chi connectivity index (χ1v) is 13.4. The molecule has 38 heavy (non-hydrogen) atoms. The van der Waals surface area contributed by atoms with Crippen LogP contribution in [0.4, 0.5) is 10.6 Å². The average Bonchev–Trinajstić information content (AvgIpc) is 3.33. The lowest BCUT2D eigenvalue weighted by atomic mass is 10.1. The van der Waals surface area contributed by atoms with E-state index in [0.717, 1.165) is 32.4 Å². The van der Waals surface area contributed by atoms with E-state index in [1.807, 2.05) is 24.3 Å². The van der Waals surface area contributed by atoms with Crippen molar-refractivity contribution in [3.05, 3.63) is 52.6 Å². The number of amides is 3. The van der Waals surface area contributed by atoms with Gasteiger partial charge in [-0.3, -0.25) is 19.6 Å². The predicted molar refractivity (Wildman–Crippen MR) is 147 cm³/mol. The van der Waals surface area contributed by atoms with E-state index in [9.17, 15) is 14.4 Å². The number of hydrogen-bond donors (Lipinski definition) is 3. The zero-order valence-corrected chi connectivity index (χ0v) is 22.6. The summed E-state index contributed by atoms with van der Waals surface area (Å²) in [6, 6.07) is 9.95. The Kier molecular flexibility index (Phi) is 8.49. The fourth-order valence-corrected chi connectivity index (χ4v) is 5.20. The molecule has 1 aliphatic heterocycles. The minimum Gasteiger partial charge on any atom is -0.338 e. The number of nitrogens with two attached hydrogens (primary N) is 2. The summed E-state index contributed by atoms with van der Waals surface area (Å²) in [4.78, 5) is 47.6. The van der Waals surface area contributed by atoms with E-state index >= 15 is 0 Å². The van der Waals surface area contributed by atoms with Crippen LogP contribution in [0.2, 0.25) is 0 Å². The molecule has 2 aromatic rings. The molecule has 0 bridgehead atoms. The SMILES string of the molecule is CCN(Cc1ccc(-n2ccc(NC(=O)N3CCN(C(=O)C(C)(C)N)CC3)nc2=O)cc1)[C@H]1CC[C@H](N)C1. The third-order valence-electron chi connectivity index (χ3n) is 7.41. The van der Waals surface area contributed by atoms with Gasteiger partial charge in [0.25, 0.3) is 0 Å². The molecule has 0 unspecified atom stereocenters. The molecular formula is C27H40N8O3. The van der Waals surface area contributed by atoms with Gasteiger partial charge in [-0.05, 0) is 63.4 Å². The van der Waals surface area contributed by atoms with Crippen LogP contribution in [0, 0.1) is 0 Å². The number of urea groups is 1. The number of piperazine rings is 1. The second kappa shape index (κ2) is 11.6. The van der Waals surface area contributed by atoms with Crippen LogP contribution in [-0.2, 0) is 11.3 Å². The second-order valence-corrected chi connectivity index (χ2v) is 10.9. The number of carbonyl (C=O) groups is 2. The van der Waals surface area contributed by atoms with Crippen molar-refractivity contribution in [2.45, 2.75) is 64.2 Å². The molecule has 2 aliphatic rings. The quantitative estimate of drug-likeness (QED) is 0.496. The van der Waals surface area contributed by atoms with Gasteiger partial charge in [-0.1, -0.05) is 19.1 Å². The molecule has 3 amide bonds. The maximum Gasteiger partial charge on any atom is 0.354 e. The Balaban J connectivity index is 1.34. The molecule has 206 valence electrons. The third-order valence-corrected chi connectivity index (χ3v) is 7.41. The van der Waals surface area contributed by atoms with Gasteiger partial charge in [0.05, 0.1) is 11.2 Å². The van der Waals surface area contributed by atoms with Crippen LogP contribution in [0.3, 0.4) is 0 Å². The van der Waals surface area contributed by atoms with Crippen LogP contribution in [0.15, 0.2) is 41.3 Å². The molecule has 1 aliphatic carbocycles. The Bertz CT molecular complexity index is 1180. The maximum absolute atomic E-state index is 12.7. The van der Waals surface area contributed by atoms with E-state index < -0.39 is 11.2 Å². The summed E-state index contributed by atoms with van der Waals surface area (Å²) in [5.74, 6) is 0.0416. The maximum atomic E-state index is 12.7. The van der Waals surface area contributed by atoms with Gasteiger partial charge in [0.15, 0.2) is 0 Å². The van der Waals surface area contributed by atoms with E-state index in [2.05, 4.69) is 22.1 Å². The van der Waals surface area contributed by atoms with Gasteiger partial charge in [0, 0.05) is 51.0 Å². The summed E-state index contributed by atoms with van der Waals surface area (Å²) in [5.41, 5.74) is 12.5. The fourth-order valence-electron chi connectivity index (χ4n) is 5.20. The van der Waals surface area contributed by atoms with E-state index in [4.69, 9.17) is 11.5 Å². The van der Waals surface area contributed by atoms with Gasteiger partial charge >= 0.3 is 11.7 Å². The number of hydrogen-bond acceptors (Lipinski definition) is 7. The fraction of sp³-hybridized carbons (Fsp3) is 0.556. The van der Waals surface area contributed by atoms with Crippen molar-refractivity contribution in [1.29, 1.82) is 0 Å². The van der Waals surface area contributed by atoms with Crippen LogP contribution in [0.5, 0.6) is 0 Å². The average molecular weight is 525 g/mol. The van der Waals surface area contributed by atoms with Crippen molar-refractivity contribution >= 4 is 17.8 Å². The predicted octanol–water partition coefficient (Wildman–Crippen LogP) is 1.35. The van der Waals surface area contributed by atoms with Crippen LogP contribution < -0.4 is 22.5 Å². The number of carbonyl (C=O) groups excluding carboxylic acids is 2. The molecule has 2 fully saturated rings. The molecule has 0 radical (unpaired) electrons. The molecule has 4 rings (SSSR count). The van der Waals surface area contributed by atoms with E-state index in [0.29, 0.717) is 44.0 Å². The summed E-state index contributed by atoms with van der Waals surface area (Å²) in [6.45, 7) is 8.89. The van der Waals surface area contributed by atoms with E-state index in [1.54, 1.807) is 35.9 Å². The number of nitrogens with zero attached hydrogens (tertiary/aromatic N) is 5. The van der Waals surface area contributed by atoms with Crippen LogP contribution in [0.1, 0.15) is 45.6 Å². The molecule has 1 saturated carbocycles. The van der Waals surface area contributed by atoms with Crippen molar-refractivity contribution in [3.8, 4) is 5.69 Å². The Morgan fingerprint density at radius 1 is 1.08 bits per heavy atom. The molecular weight excluding hydrogens is 484 g/mol. The summed E-state index contributed by atoms with van der Waals surface area (Å²) >= 11 is 0. The normalized spacial score (nSPS) is 20.2. The summed E-state index contributed by atoms with van der Waals surface area (Å²) in [5, 5.41) is 2.69. The standard InChI is InChI=1S/C27H40N8O3/c1-4-32(22-10-7-20(28)17-22)18-19-5-8-21(9-6-19)35-12-11-23(31-26(35)38)30-25(37)34-15-13-33(14-16-34)24(36)27(2,3)29/h5-6,8-9,11-12,20,22H,4,7,10,13-18,28-29H2,1-3H3,(H,30,31,37,38)/t20-,22-/m0/s1. The van der Waals surface area contributed by atoms with Crippen molar-refractivity contribution < 1.29 is 9.59 Å². The highest BCUT2D eigenvalue weighted by molar-refractivity contribution is 5.89. The molecule has 2 heterocycles. The van der Waals surface area contributed by atoms with Crippen molar-refractivity contribution in [3.63, 3.8) is 0 Å². The van der Waals surface area contributed by atoms with Gasteiger partial charge in [-0.15, -0.1) is 0 Å². The minimum absolute atomic E-state index is 0.142. The van der Waals surface area contributed by atoms with Crippen LogP contribution in [-0.4, -0.2) is 86.5 Å². The Morgan fingerprint density at radius 3 is 2.29 bits per heavy atom. The van der Waals surface area contributed by atoms with Crippen LogP contribution in [0.25, 0.3) is 5.69 Å². The highest BCUT2D eigenvalue weighted by atomic mass is 16.2. The van der Waals surface area contributed by atoms with Gasteiger partial charge in [-0.2, -0.15) is 4.98 Å². The third kappa shape index (κ3) is 6.58. The topological polar surface area (TPSA) is 143 Å². The second-order valence-electron chi connectivity index (χ2n) is 10.9. The molecule has 1 aromatic heterocycles. The van der Waals surface area contributed by atoms with Gasteiger partial charge in [0.1, 0.15) is 5.82 Å². The van der Waals surface area contributed by atoms with Gasteiger partial charge in [-0.25, -0.2) is 9.59 Å². The first-order valence-electron chi connectivity index (χ1n) is 13.4. The smallest absolute Gasteiger partial charge is 0.338 e. The van der Waals surface area contributed by atoms with Crippen molar-refractivity contribution in [2.75, 3.05) is 38.0 Å². The Labute approximate surface area is 223 Å². The zero-order valence-electron chi connectivity index (χ0n) is 22.6. The van der Waals surface area contributed by atoms with E-state index in [1.165, 1.54) is 10.1 Å². The highest BCUT2D eigenvalue weighted by Crippen LogP contribution is 2.24. The molecule has 1 aromatic carbocycles. The highest BCUT2D eigenvalue weighted by Gasteiger charge is 2.31. The summed E-state index contributed by atoms with van der Waals surface area (Å²) in [7, 11) is 0. The van der Waals surface area contributed by atoms with Crippen LogP contribution >= 0.6 is 0 Å². The van der Waals surface area contributed by atoms with Crippen molar-refractivity contribution in [2.24, 2.45) is 11.5 Å². The molecule has 1 saturated heterocycles. The molecule has 5 N–H and O–H groups in total. The molecule has 11 nitrogen and oxygen atoms in total. The lowest BCUT2D eigenvalue weighted by Gasteiger charge is -2.37. The zero-order chi connectivity index (χ0) is 27.4. The number of benzene rings is 1.